The largest absolute Gasteiger partial charge is 0.508 e. The summed E-state index contributed by atoms with van der Waals surface area (Å²) in [7, 11) is 1.74. The van der Waals surface area contributed by atoms with Crippen LogP contribution in [-0.2, 0) is 6.54 Å². The molecule has 0 spiro atoms. The van der Waals surface area contributed by atoms with E-state index in [1.54, 1.807) is 36.5 Å². The van der Waals surface area contributed by atoms with Crippen LogP contribution >= 0.6 is 0 Å². The van der Waals surface area contributed by atoms with Gasteiger partial charge in [0.2, 0.25) is 0 Å². The highest BCUT2D eigenvalue weighted by Gasteiger charge is 2.25. The van der Waals surface area contributed by atoms with E-state index in [0.29, 0.717) is 12.2 Å². The van der Waals surface area contributed by atoms with Gasteiger partial charge in [-0.3, -0.25) is 9.59 Å². The summed E-state index contributed by atoms with van der Waals surface area (Å²) < 4.78 is 0. The van der Waals surface area contributed by atoms with E-state index in [0.717, 1.165) is 22.3 Å². The Hall–Kier alpha value is -3.61. The number of nitrogens with zero attached hydrogens (tertiary/aromatic N) is 2. The minimum Gasteiger partial charge on any atom is -0.508 e. The molecule has 0 amide bonds. The van der Waals surface area contributed by atoms with Gasteiger partial charge in [0.05, 0.1) is 17.4 Å². The Kier molecular flexibility index (Phi) is 3.69. The number of H-pyrrole nitrogens is 1. The lowest BCUT2D eigenvalue weighted by molar-refractivity contribution is 0.474. The van der Waals surface area contributed by atoms with E-state index in [1.165, 1.54) is 0 Å². The van der Waals surface area contributed by atoms with Crippen LogP contribution in [-0.4, -0.2) is 22.1 Å². The smallest absolute Gasteiger partial charge is 0.253 e. The van der Waals surface area contributed by atoms with Crippen LogP contribution in [0, 0.1) is 0 Å². The fourth-order valence-electron chi connectivity index (χ4n) is 2.98. The van der Waals surface area contributed by atoms with E-state index < -0.39 is 10.9 Å². The molecule has 4 rings (SSSR count). The molecular formula is C19H16N4O3. The lowest BCUT2D eigenvalue weighted by atomic mass is 10.1. The molecule has 4 aromatic rings. The summed E-state index contributed by atoms with van der Waals surface area (Å²) in [4.78, 5) is 33.0. The second kappa shape index (κ2) is 6.03. The molecule has 0 aliphatic heterocycles. The van der Waals surface area contributed by atoms with Gasteiger partial charge in [-0.1, -0.05) is 12.1 Å². The Morgan fingerprint density at radius 3 is 2.81 bits per heavy atom. The predicted molar refractivity (Wildman–Crippen MR) is 101 cm³/mol. The first-order chi connectivity index (χ1) is 12.5. The molecule has 0 saturated heterocycles. The molecule has 0 unspecified atom stereocenters. The molecule has 0 atom stereocenters. The van der Waals surface area contributed by atoms with Crippen LogP contribution in [0.1, 0.15) is 5.56 Å². The Labute approximate surface area is 148 Å². The third-order valence-corrected chi connectivity index (χ3v) is 4.39. The monoisotopic (exact) mass is 348 g/mol. The van der Waals surface area contributed by atoms with Gasteiger partial charge in [-0.2, -0.15) is 0 Å². The first-order valence-electron chi connectivity index (χ1n) is 8.06. The number of aromatic amines is 1. The summed E-state index contributed by atoms with van der Waals surface area (Å²) >= 11 is 0. The maximum atomic E-state index is 12.1. The van der Waals surface area contributed by atoms with E-state index in [9.17, 15) is 14.7 Å². The summed E-state index contributed by atoms with van der Waals surface area (Å²) in [6.45, 7) is 0.333. The average molecular weight is 348 g/mol. The summed E-state index contributed by atoms with van der Waals surface area (Å²) in [5.41, 5.74) is 2.82. The summed E-state index contributed by atoms with van der Waals surface area (Å²) in [5.74, 6) is 0.152. The van der Waals surface area contributed by atoms with Gasteiger partial charge in [0.15, 0.2) is 0 Å². The van der Waals surface area contributed by atoms with Gasteiger partial charge in [0.1, 0.15) is 17.1 Å². The van der Waals surface area contributed by atoms with Crippen LogP contribution in [0.15, 0.2) is 58.4 Å². The number of nitrogens with one attached hydrogen (secondary N) is 2. The normalized spacial score (nSPS) is 11.1. The minimum atomic E-state index is -0.533. The van der Waals surface area contributed by atoms with Gasteiger partial charge < -0.3 is 20.3 Å². The van der Waals surface area contributed by atoms with Gasteiger partial charge in [0.25, 0.3) is 10.9 Å². The Morgan fingerprint density at radius 2 is 2.00 bits per heavy atom. The molecule has 3 N–H and O–H groups in total. The van der Waals surface area contributed by atoms with Crippen molar-refractivity contribution in [3.63, 3.8) is 0 Å². The van der Waals surface area contributed by atoms with E-state index in [-0.39, 0.29) is 11.4 Å². The van der Waals surface area contributed by atoms with E-state index in [1.807, 2.05) is 24.3 Å². The lowest BCUT2D eigenvalue weighted by Crippen LogP contribution is -2.39. The number of phenolic OH excluding ortho intramolecular Hbond substituents is 1. The maximum absolute atomic E-state index is 12.1. The van der Waals surface area contributed by atoms with Crippen LogP contribution in [0.5, 0.6) is 5.75 Å². The summed E-state index contributed by atoms with van der Waals surface area (Å²) in [5, 5.41) is 12.5. The molecule has 130 valence electrons. The fraction of sp³-hybridized carbons (Fsp3) is 0.105. The third kappa shape index (κ3) is 2.59. The van der Waals surface area contributed by atoms with Crippen molar-refractivity contribution < 1.29 is 5.11 Å². The first kappa shape index (κ1) is 15.9. The van der Waals surface area contributed by atoms with Crippen molar-refractivity contribution in [3.8, 4) is 5.75 Å². The number of rotatable bonds is 5. The number of hydrogen-bond acceptors (Lipinski definition) is 6. The van der Waals surface area contributed by atoms with Crippen molar-refractivity contribution in [2.75, 3.05) is 17.3 Å². The molecule has 7 nitrogen and oxygen atoms in total. The van der Waals surface area contributed by atoms with Crippen molar-refractivity contribution in [1.82, 2.24) is 9.97 Å². The zero-order chi connectivity index (χ0) is 18.3. The first-order valence-corrected chi connectivity index (χ1v) is 8.06. The molecule has 7 heteroatoms. The van der Waals surface area contributed by atoms with Crippen molar-refractivity contribution >= 4 is 28.1 Å². The van der Waals surface area contributed by atoms with Crippen molar-refractivity contribution in [3.05, 3.63) is 74.8 Å². The molecule has 3 aromatic carbocycles. The van der Waals surface area contributed by atoms with E-state index >= 15 is 0 Å². The molecular weight excluding hydrogens is 332 g/mol. The van der Waals surface area contributed by atoms with Gasteiger partial charge >= 0.3 is 0 Å². The molecule has 0 aliphatic rings. The molecule has 0 radical (unpaired) electrons. The molecule has 1 aromatic heterocycles. The second-order valence-electron chi connectivity index (χ2n) is 6.07. The number of aromatic nitrogens is 2. The molecule has 0 saturated carbocycles. The second-order valence-corrected chi connectivity index (χ2v) is 6.07. The highest BCUT2D eigenvalue weighted by Crippen LogP contribution is 2.29. The van der Waals surface area contributed by atoms with Gasteiger partial charge in [0, 0.05) is 19.3 Å². The van der Waals surface area contributed by atoms with Gasteiger partial charge in [-0.05, 0) is 35.9 Å². The molecule has 0 aliphatic carbocycles. The SMILES string of the molecule is CN(c1ccc2nc[nH]c2c1)c1c(NCc2cccc(O)c2)c(=O)c1=O. The zero-order valence-electron chi connectivity index (χ0n) is 14.0. The van der Waals surface area contributed by atoms with Crippen LogP contribution in [0.2, 0.25) is 0 Å². The highest BCUT2D eigenvalue weighted by molar-refractivity contribution is 5.85. The van der Waals surface area contributed by atoms with Crippen molar-refractivity contribution in [2.24, 2.45) is 0 Å². The lowest BCUT2D eigenvalue weighted by Gasteiger charge is -2.23. The third-order valence-electron chi connectivity index (χ3n) is 4.39. The van der Waals surface area contributed by atoms with Crippen molar-refractivity contribution in [2.45, 2.75) is 6.54 Å². The number of fused-ring (bicyclic) bond motifs is 1. The van der Waals surface area contributed by atoms with E-state index in [4.69, 9.17) is 0 Å². The number of benzene rings is 2. The standard InChI is InChI=1S/C19H16N4O3/c1-23(12-5-6-14-15(8-12)22-10-21-14)17-16(18(25)19(17)26)20-9-11-3-2-4-13(24)7-11/h2-8,10,20,24H,9H2,1H3,(H,21,22). The molecule has 0 bridgehead atoms. The van der Waals surface area contributed by atoms with Crippen LogP contribution in [0.3, 0.4) is 0 Å². The Balaban J connectivity index is 1.61. The summed E-state index contributed by atoms with van der Waals surface area (Å²) in [6, 6.07) is 12.3. The van der Waals surface area contributed by atoms with Crippen LogP contribution < -0.4 is 21.1 Å². The van der Waals surface area contributed by atoms with Crippen molar-refractivity contribution in [1.29, 1.82) is 0 Å². The number of hydrogen-bond donors (Lipinski definition) is 3. The van der Waals surface area contributed by atoms with Crippen LogP contribution in [0.4, 0.5) is 17.1 Å². The number of aromatic hydroxyl groups is 1. The quantitative estimate of drug-likeness (QED) is 0.479. The minimum absolute atomic E-state index is 0.152. The number of imidazole rings is 1. The Morgan fingerprint density at radius 1 is 1.15 bits per heavy atom. The average Bonchev–Trinajstić information content (AvgIpc) is 3.11. The topological polar surface area (TPSA) is 98.3 Å². The maximum Gasteiger partial charge on any atom is 0.253 e. The zero-order valence-corrected chi connectivity index (χ0v) is 14.0. The van der Waals surface area contributed by atoms with Gasteiger partial charge in [-0.25, -0.2) is 4.98 Å². The van der Waals surface area contributed by atoms with Gasteiger partial charge in [-0.15, -0.1) is 0 Å². The molecule has 26 heavy (non-hydrogen) atoms. The molecule has 0 fully saturated rings. The molecule has 1 heterocycles. The number of anilines is 3. The highest BCUT2D eigenvalue weighted by atomic mass is 16.3. The van der Waals surface area contributed by atoms with E-state index in [2.05, 4.69) is 15.3 Å². The predicted octanol–water partition coefficient (Wildman–Crippen LogP) is 2.24. The Bertz CT molecular complexity index is 1170. The fourth-order valence-corrected chi connectivity index (χ4v) is 2.98. The number of phenols is 1. The van der Waals surface area contributed by atoms with Crippen LogP contribution in [0.25, 0.3) is 11.0 Å². The summed E-state index contributed by atoms with van der Waals surface area (Å²) in [6.07, 6.45) is 1.61.